The second kappa shape index (κ2) is 10.7. The van der Waals surface area contributed by atoms with E-state index in [1.165, 1.54) is 0 Å². The lowest BCUT2D eigenvalue weighted by atomic mass is 9.96. The number of nitrogens with one attached hydrogen (secondary N) is 3. The second-order valence-corrected chi connectivity index (χ2v) is 10.2. The van der Waals surface area contributed by atoms with E-state index < -0.39 is 12.2 Å². The van der Waals surface area contributed by atoms with E-state index in [-0.39, 0.29) is 30.3 Å². The first-order valence-electron chi connectivity index (χ1n) is 12.0. The van der Waals surface area contributed by atoms with Gasteiger partial charge in [-0.15, -0.1) is 0 Å². The number of carbonyl (C=O) groups is 2. The van der Waals surface area contributed by atoms with E-state index in [2.05, 4.69) is 16.1 Å². The number of amides is 2. The summed E-state index contributed by atoms with van der Waals surface area (Å²) >= 11 is 12.0. The summed E-state index contributed by atoms with van der Waals surface area (Å²) in [5.41, 5.74) is 4.30. The summed E-state index contributed by atoms with van der Waals surface area (Å²) in [7, 11) is 0. The maximum absolute atomic E-state index is 12.8. The van der Waals surface area contributed by atoms with Gasteiger partial charge in [-0.25, -0.2) is 5.01 Å². The van der Waals surface area contributed by atoms with Crippen molar-refractivity contribution in [1.82, 2.24) is 15.8 Å². The van der Waals surface area contributed by atoms with Gasteiger partial charge in [-0.2, -0.15) is 0 Å². The summed E-state index contributed by atoms with van der Waals surface area (Å²) in [6, 6.07) is 10.4. The van der Waals surface area contributed by atoms with Crippen LogP contribution in [-0.2, 0) is 9.59 Å². The van der Waals surface area contributed by atoms with Gasteiger partial charge in [0.05, 0.1) is 24.9 Å². The Morgan fingerprint density at radius 2 is 1.75 bits per heavy atom. The molecule has 0 aromatic heterocycles. The van der Waals surface area contributed by atoms with Crippen molar-refractivity contribution in [2.45, 2.75) is 37.6 Å². The Labute approximate surface area is 219 Å². The highest BCUT2D eigenvalue weighted by atomic mass is 35.5. The monoisotopic (exact) mass is 534 g/mol. The number of fused-ring (bicyclic) bond motifs is 2. The van der Waals surface area contributed by atoms with Gasteiger partial charge in [0.15, 0.2) is 6.10 Å². The number of hydrogen-bond donors (Lipinski definition) is 4. The summed E-state index contributed by atoms with van der Waals surface area (Å²) in [5.74, 6) is 0.709. The lowest BCUT2D eigenvalue weighted by Crippen LogP contribution is -2.53. The zero-order chi connectivity index (χ0) is 25.2. The smallest absolute Gasteiger partial charge is 0.275 e. The molecule has 1 fully saturated rings. The van der Waals surface area contributed by atoms with Crippen LogP contribution in [0.15, 0.2) is 36.4 Å². The molecule has 0 bridgehead atoms. The van der Waals surface area contributed by atoms with E-state index in [1.54, 1.807) is 29.3 Å². The average Bonchev–Trinajstić information content (AvgIpc) is 2.88. The third-order valence-electron chi connectivity index (χ3n) is 6.72. The Kier molecular flexibility index (Phi) is 7.43. The number of carbonyl (C=O) groups excluding carboxylic acids is 2. The normalized spacial score (nSPS) is 23.8. The second-order valence-electron chi connectivity index (χ2n) is 9.28. The van der Waals surface area contributed by atoms with Gasteiger partial charge in [0.25, 0.3) is 5.91 Å². The van der Waals surface area contributed by atoms with Crippen LogP contribution in [0.2, 0.25) is 10.0 Å². The number of halogens is 2. The van der Waals surface area contributed by atoms with Gasteiger partial charge in [0.2, 0.25) is 5.91 Å². The number of ether oxygens (including phenoxy) is 2. The van der Waals surface area contributed by atoms with Crippen molar-refractivity contribution in [3.05, 3.63) is 52.0 Å². The molecule has 3 aliphatic heterocycles. The van der Waals surface area contributed by atoms with Crippen molar-refractivity contribution < 1.29 is 24.2 Å². The van der Waals surface area contributed by atoms with Gasteiger partial charge in [-0.3, -0.25) is 15.0 Å². The van der Waals surface area contributed by atoms with Crippen LogP contribution in [0, 0.1) is 5.92 Å². The van der Waals surface area contributed by atoms with Crippen LogP contribution in [-0.4, -0.2) is 60.3 Å². The number of piperidine rings is 1. The quantitative estimate of drug-likeness (QED) is 0.466. The summed E-state index contributed by atoms with van der Waals surface area (Å²) < 4.78 is 11.7. The summed E-state index contributed by atoms with van der Waals surface area (Å²) in [6.45, 7) is 2.06. The maximum Gasteiger partial charge on any atom is 0.275 e. The fraction of sp³-hybridized carbons (Fsp3) is 0.440. The van der Waals surface area contributed by atoms with Gasteiger partial charge in [0, 0.05) is 41.0 Å². The van der Waals surface area contributed by atoms with Crippen LogP contribution in [0.3, 0.4) is 0 Å². The number of benzene rings is 2. The highest BCUT2D eigenvalue weighted by molar-refractivity contribution is 6.31. The molecule has 0 saturated carbocycles. The van der Waals surface area contributed by atoms with Gasteiger partial charge in [-0.05, 0) is 49.2 Å². The fourth-order valence-corrected chi connectivity index (χ4v) is 5.07. The van der Waals surface area contributed by atoms with Crippen LogP contribution in [0.25, 0.3) is 0 Å². The van der Waals surface area contributed by atoms with Crippen molar-refractivity contribution in [3.8, 4) is 11.5 Å². The topological polar surface area (TPSA) is 112 Å². The van der Waals surface area contributed by atoms with E-state index in [9.17, 15) is 14.7 Å². The van der Waals surface area contributed by atoms with Crippen LogP contribution < -0.4 is 25.5 Å². The molecular weight excluding hydrogens is 507 g/mol. The molecule has 0 radical (unpaired) electrons. The van der Waals surface area contributed by atoms with Gasteiger partial charge in [0.1, 0.15) is 17.6 Å². The van der Waals surface area contributed by atoms with E-state index in [1.807, 2.05) is 12.1 Å². The molecule has 11 heteroatoms. The number of rotatable bonds is 5. The first-order valence-corrected chi connectivity index (χ1v) is 12.8. The summed E-state index contributed by atoms with van der Waals surface area (Å²) in [4.78, 5) is 25.5. The van der Waals surface area contributed by atoms with Gasteiger partial charge >= 0.3 is 0 Å². The van der Waals surface area contributed by atoms with E-state index in [0.29, 0.717) is 60.4 Å². The van der Waals surface area contributed by atoms with Crippen LogP contribution in [0.4, 0.5) is 5.69 Å². The highest BCUT2D eigenvalue weighted by Crippen LogP contribution is 2.36. The molecule has 36 heavy (non-hydrogen) atoms. The molecule has 1 unspecified atom stereocenters. The Morgan fingerprint density at radius 1 is 1.03 bits per heavy atom. The van der Waals surface area contributed by atoms with Crippen molar-refractivity contribution in [1.29, 1.82) is 0 Å². The van der Waals surface area contributed by atoms with Crippen LogP contribution in [0.5, 0.6) is 11.5 Å². The number of aliphatic hydroxyl groups is 1. The molecule has 3 aliphatic rings. The Balaban J connectivity index is 1.05. The molecule has 5 rings (SSSR count). The Bertz CT molecular complexity index is 1140. The van der Waals surface area contributed by atoms with Crippen molar-refractivity contribution >= 4 is 40.7 Å². The maximum atomic E-state index is 12.8. The predicted octanol–water partition coefficient (Wildman–Crippen LogP) is 2.91. The molecular formula is C25H28Cl2N4O5. The fourth-order valence-electron chi connectivity index (χ4n) is 4.72. The molecule has 2 amide bonds. The minimum absolute atomic E-state index is 0.0134. The molecule has 2 aromatic carbocycles. The Hall–Kier alpha value is -2.72. The van der Waals surface area contributed by atoms with Crippen molar-refractivity contribution in [2.24, 2.45) is 5.92 Å². The molecule has 3 heterocycles. The van der Waals surface area contributed by atoms with E-state index >= 15 is 0 Å². The lowest BCUT2D eigenvalue weighted by molar-refractivity contribution is -0.136. The van der Waals surface area contributed by atoms with Crippen molar-refractivity contribution in [2.75, 3.05) is 31.5 Å². The highest BCUT2D eigenvalue weighted by Gasteiger charge is 2.34. The average molecular weight is 535 g/mol. The van der Waals surface area contributed by atoms with E-state index in [0.717, 1.165) is 11.4 Å². The van der Waals surface area contributed by atoms with E-state index in [4.69, 9.17) is 32.7 Å². The lowest BCUT2D eigenvalue weighted by Gasteiger charge is -2.34. The number of anilines is 1. The first kappa shape index (κ1) is 25.0. The molecule has 2 aromatic rings. The number of aliphatic hydroxyl groups excluding tert-OH is 1. The molecule has 0 aliphatic carbocycles. The summed E-state index contributed by atoms with van der Waals surface area (Å²) in [5, 5.41) is 19.6. The zero-order valence-electron chi connectivity index (χ0n) is 19.5. The molecule has 9 nitrogen and oxygen atoms in total. The molecule has 192 valence electrons. The van der Waals surface area contributed by atoms with Crippen LogP contribution in [0.1, 0.15) is 30.9 Å². The zero-order valence-corrected chi connectivity index (χ0v) is 21.0. The molecule has 1 saturated heterocycles. The number of hydrazine groups is 1. The molecule has 0 spiro atoms. The SMILES string of the molecule is O=C(NCC1CNc2cc(Cl)ccc2O1)C1CCN(NC(=O)[C@H]2C[C@@H](O)c3cc(Cl)ccc3O2)CC1. The van der Waals surface area contributed by atoms with Gasteiger partial charge < -0.3 is 25.2 Å². The number of nitrogens with zero attached hydrogens (tertiary/aromatic N) is 1. The van der Waals surface area contributed by atoms with Crippen molar-refractivity contribution in [3.63, 3.8) is 0 Å². The summed E-state index contributed by atoms with van der Waals surface area (Å²) in [6.07, 6.45) is -0.422. The van der Waals surface area contributed by atoms with Crippen LogP contribution >= 0.6 is 23.2 Å². The third kappa shape index (κ3) is 5.64. The van der Waals surface area contributed by atoms with Gasteiger partial charge in [-0.1, -0.05) is 23.2 Å². The largest absolute Gasteiger partial charge is 0.485 e. The first-order chi connectivity index (χ1) is 17.4. The Morgan fingerprint density at radius 3 is 2.53 bits per heavy atom. The predicted molar refractivity (Wildman–Crippen MR) is 135 cm³/mol. The molecule has 3 atom stereocenters. The minimum atomic E-state index is -0.827. The number of hydrogen-bond acceptors (Lipinski definition) is 7. The third-order valence-corrected chi connectivity index (χ3v) is 7.19. The molecule has 4 N–H and O–H groups in total. The minimum Gasteiger partial charge on any atom is -0.485 e. The standard InChI is InChI=1S/C25H28Cl2N4O5/c26-15-1-3-21-18(9-15)20(32)11-23(36-21)25(34)30-31-7-5-14(6-8-31)24(33)29-13-17-12-28-19-10-16(27)2-4-22(19)35-17/h1-4,9-10,14,17,20,23,28,32H,5-8,11-13H2,(H,29,33)(H,30,34)/t17?,20-,23-/m1/s1.